The fraction of sp³-hybridized carbons (Fsp3) is 0.895. The minimum atomic E-state index is -1.79. The Kier molecular flexibility index (Phi) is 23.3. The molecule has 0 radical (unpaired) electrons. The fourth-order valence-electron chi connectivity index (χ4n) is 6.91. The van der Waals surface area contributed by atoms with Gasteiger partial charge in [0.25, 0.3) is 0 Å². The molecule has 9 unspecified atom stereocenters. The summed E-state index contributed by atoms with van der Waals surface area (Å²) in [5, 5.41) is 85.4. The van der Waals surface area contributed by atoms with Gasteiger partial charge in [0.2, 0.25) is 11.8 Å². The maximum atomic E-state index is 13.3. The molecule has 56 heavy (non-hydrogen) atoms. The molecule has 11 atom stereocenters. The number of aromatic nitrogens is 3. The molecule has 0 aromatic carbocycles. The molecule has 18 heteroatoms. The van der Waals surface area contributed by atoms with Crippen molar-refractivity contribution in [3.63, 3.8) is 0 Å². The van der Waals surface area contributed by atoms with Crippen LogP contribution >= 0.6 is 11.8 Å². The summed E-state index contributed by atoms with van der Waals surface area (Å²) < 4.78 is 17.8. The largest absolute Gasteiger partial charge is 0.394 e. The maximum Gasteiger partial charge on any atom is 0.249 e. The third-order valence-electron chi connectivity index (χ3n) is 10.3. The number of rotatable bonds is 28. The number of thioether (sulfide) groups is 1. The molecule has 0 bridgehead atoms. The summed E-state index contributed by atoms with van der Waals surface area (Å²) >= 11 is 1.54. The van der Waals surface area contributed by atoms with Gasteiger partial charge in [0.05, 0.1) is 19.4 Å². The molecule has 0 spiro atoms. The average Bonchev–Trinajstić information content (AvgIpc) is 3.65. The Labute approximate surface area is 335 Å². The maximum absolute atomic E-state index is 13.3. The Morgan fingerprint density at radius 2 is 1.36 bits per heavy atom. The minimum absolute atomic E-state index is 0.0114. The van der Waals surface area contributed by atoms with Crippen LogP contribution in [0.1, 0.15) is 129 Å². The highest BCUT2D eigenvalue weighted by atomic mass is 32.2. The Morgan fingerprint density at radius 3 is 1.93 bits per heavy atom. The predicted octanol–water partition coefficient (Wildman–Crippen LogP) is 1.90. The monoisotopic (exact) mass is 819 g/mol. The van der Waals surface area contributed by atoms with Crippen LogP contribution in [0, 0.1) is 0 Å². The SMILES string of the molecule is CCCCCCCCCCCCCCCCCC(=O)N[C@H](CSCCC)C(=O)Nc1cn([C@@H]2OC(CO)C(OC3OC(CO)C(O)C(O)C3O)C(O)C2O)nn1. The van der Waals surface area contributed by atoms with Crippen molar-refractivity contribution in [2.45, 2.75) is 190 Å². The number of aliphatic hydroxyl groups excluding tert-OH is 7. The van der Waals surface area contributed by atoms with Crippen LogP contribution < -0.4 is 10.6 Å². The minimum Gasteiger partial charge on any atom is -0.394 e. The van der Waals surface area contributed by atoms with E-state index in [0.29, 0.717) is 12.2 Å². The molecule has 3 heterocycles. The molecule has 3 rings (SSSR count). The van der Waals surface area contributed by atoms with Crippen LogP contribution in [0.4, 0.5) is 5.82 Å². The van der Waals surface area contributed by atoms with Crippen molar-refractivity contribution in [1.82, 2.24) is 20.3 Å². The molecular formula is C38H69N5O12S. The van der Waals surface area contributed by atoms with Gasteiger partial charge in [-0.1, -0.05) is 109 Å². The van der Waals surface area contributed by atoms with Crippen LogP contribution in [0.2, 0.25) is 0 Å². The number of hydrogen-bond donors (Lipinski definition) is 9. The fourth-order valence-corrected chi connectivity index (χ4v) is 7.84. The second-order valence-electron chi connectivity index (χ2n) is 15.0. The molecule has 17 nitrogen and oxygen atoms in total. The Balaban J connectivity index is 1.44. The molecule has 0 aliphatic carbocycles. The summed E-state index contributed by atoms with van der Waals surface area (Å²) in [5.74, 6) is 0.438. The van der Waals surface area contributed by atoms with E-state index in [1.54, 1.807) is 11.8 Å². The molecule has 1 aromatic heterocycles. The van der Waals surface area contributed by atoms with Crippen LogP contribution in [-0.4, -0.2) is 148 Å². The summed E-state index contributed by atoms with van der Waals surface area (Å²) in [6, 6.07) is -0.835. The number of hydrogen-bond acceptors (Lipinski definition) is 15. The first kappa shape index (κ1) is 48.4. The van der Waals surface area contributed by atoms with Crippen molar-refractivity contribution >= 4 is 29.4 Å². The van der Waals surface area contributed by atoms with Gasteiger partial charge in [0, 0.05) is 12.2 Å². The molecule has 2 aliphatic rings. The van der Waals surface area contributed by atoms with E-state index in [-0.39, 0.29) is 11.7 Å². The third-order valence-corrected chi connectivity index (χ3v) is 11.6. The summed E-state index contributed by atoms with van der Waals surface area (Å²) in [6.07, 6.45) is 5.16. The molecule has 324 valence electrons. The van der Waals surface area contributed by atoms with Gasteiger partial charge in [-0.05, 0) is 18.6 Å². The van der Waals surface area contributed by atoms with E-state index in [2.05, 4.69) is 27.9 Å². The quantitative estimate of drug-likeness (QED) is 0.0548. The van der Waals surface area contributed by atoms with Crippen molar-refractivity contribution in [2.24, 2.45) is 0 Å². The van der Waals surface area contributed by atoms with E-state index in [1.165, 1.54) is 76.8 Å². The van der Waals surface area contributed by atoms with E-state index in [4.69, 9.17) is 14.2 Å². The van der Waals surface area contributed by atoms with Crippen molar-refractivity contribution in [1.29, 1.82) is 0 Å². The van der Waals surface area contributed by atoms with E-state index in [1.807, 2.05) is 6.92 Å². The molecule has 1 aromatic rings. The van der Waals surface area contributed by atoms with Crippen LogP contribution in [-0.2, 0) is 23.8 Å². The summed E-state index contributed by atoms with van der Waals surface area (Å²) in [6.45, 7) is 2.84. The normalized spacial score (nSPS) is 28.6. The van der Waals surface area contributed by atoms with E-state index in [0.717, 1.165) is 42.5 Å². The summed E-state index contributed by atoms with van der Waals surface area (Å²) in [7, 11) is 0. The lowest BCUT2D eigenvalue weighted by molar-refractivity contribution is -0.347. The van der Waals surface area contributed by atoms with Crippen molar-refractivity contribution in [3.8, 4) is 0 Å². The average molecular weight is 820 g/mol. The number of carbonyl (C=O) groups is 2. The van der Waals surface area contributed by atoms with Gasteiger partial charge in [-0.15, -0.1) is 5.10 Å². The highest BCUT2D eigenvalue weighted by Gasteiger charge is 2.51. The van der Waals surface area contributed by atoms with Crippen LogP contribution in [0.3, 0.4) is 0 Å². The first-order valence-corrected chi connectivity index (χ1v) is 21.9. The van der Waals surface area contributed by atoms with Gasteiger partial charge in [-0.25, -0.2) is 4.68 Å². The highest BCUT2D eigenvalue weighted by molar-refractivity contribution is 7.99. The Bertz CT molecular complexity index is 1230. The zero-order valence-corrected chi connectivity index (χ0v) is 34.0. The zero-order chi connectivity index (χ0) is 40.9. The second kappa shape index (κ2) is 26.9. The molecule has 0 saturated carbocycles. The van der Waals surface area contributed by atoms with E-state index >= 15 is 0 Å². The van der Waals surface area contributed by atoms with Gasteiger partial charge in [0.15, 0.2) is 18.3 Å². The lowest BCUT2D eigenvalue weighted by Gasteiger charge is -2.45. The van der Waals surface area contributed by atoms with Crippen LogP contribution in [0.5, 0.6) is 0 Å². The summed E-state index contributed by atoms with van der Waals surface area (Å²) in [5.41, 5.74) is 0. The molecule has 9 N–H and O–H groups in total. The first-order chi connectivity index (χ1) is 27.1. The smallest absolute Gasteiger partial charge is 0.249 e. The first-order valence-electron chi connectivity index (χ1n) is 20.7. The second-order valence-corrected chi connectivity index (χ2v) is 16.1. The number of ether oxygens (including phenoxy) is 3. The number of anilines is 1. The predicted molar refractivity (Wildman–Crippen MR) is 209 cm³/mol. The molecule has 2 aliphatic heterocycles. The number of amides is 2. The molecule has 2 fully saturated rings. The third kappa shape index (κ3) is 15.7. The van der Waals surface area contributed by atoms with E-state index in [9.17, 15) is 45.3 Å². The lowest BCUT2D eigenvalue weighted by atomic mass is 9.96. The van der Waals surface area contributed by atoms with Crippen molar-refractivity contribution < 1.29 is 59.5 Å². The zero-order valence-electron chi connectivity index (χ0n) is 33.2. The molecule has 2 amide bonds. The van der Waals surface area contributed by atoms with Gasteiger partial charge in [-0.3, -0.25) is 9.59 Å². The Morgan fingerprint density at radius 1 is 0.768 bits per heavy atom. The number of carbonyl (C=O) groups excluding carboxylic acids is 2. The van der Waals surface area contributed by atoms with Crippen molar-refractivity contribution in [2.75, 3.05) is 30.0 Å². The number of nitrogens with one attached hydrogen (secondary N) is 2. The lowest BCUT2D eigenvalue weighted by Crippen LogP contribution is -2.63. The number of nitrogens with zero attached hydrogens (tertiary/aromatic N) is 3. The molecular weight excluding hydrogens is 751 g/mol. The highest BCUT2D eigenvalue weighted by Crippen LogP contribution is 2.33. The van der Waals surface area contributed by atoms with Gasteiger partial charge < -0.3 is 60.6 Å². The van der Waals surface area contributed by atoms with Crippen molar-refractivity contribution in [3.05, 3.63) is 6.20 Å². The number of aliphatic hydroxyl groups is 7. The van der Waals surface area contributed by atoms with Crippen LogP contribution in [0.15, 0.2) is 6.20 Å². The summed E-state index contributed by atoms with van der Waals surface area (Å²) in [4.78, 5) is 26.2. The Hall–Kier alpha value is -1.97. The van der Waals surface area contributed by atoms with Crippen LogP contribution in [0.25, 0.3) is 0 Å². The number of unbranched alkanes of at least 4 members (excludes halogenated alkanes) is 14. The topological polar surface area (TPSA) is 258 Å². The van der Waals surface area contributed by atoms with E-state index < -0.39 is 86.5 Å². The molecule has 2 saturated heterocycles. The van der Waals surface area contributed by atoms with Gasteiger partial charge in [0.1, 0.15) is 54.9 Å². The van der Waals surface area contributed by atoms with Gasteiger partial charge >= 0.3 is 0 Å². The van der Waals surface area contributed by atoms with Gasteiger partial charge in [-0.2, -0.15) is 11.8 Å². The standard InChI is InChI=1S/C38H69N5O12S/c1-3-5-6-7-8-9-10-11-12-13-14-15-16-17-18-19-29(46)39-25(24-56-20-4-2)36(52)40-28-21-43(42-41-28)37-33(50)32(49)35(27(23-45)53-37)55-38-34(51)31(48)30(47)26(22-44)54-38/h21,25-27,30-35,37-38,44-45,47-51H,3-20,22-24H2,1-2H3,(H,39,46)(H,40,52)/t25-,26?,27?,30?,31?,32?,33?,34?,35?,37-,38?/m1/s1.